The van der Waals surface area contributed by atoms with Crippen LogP contribution in [0.15, 0.2) is 0 Å². The van der Waals surface area contributed by atoms with Crippen LogP contribution < -0.4 is 29.4 Å². The van der Waals surface area contributed by atoms with E-state index < -0.39 is 15.6 Å². The SMILES string of the molecule is O=P([O-])([O-])[O-].O=P([O-])([O-])[O-].[La+3].[Lu+3]. The molecule has 0 spiro atoms. The van der Waals surface area contributed by atoms with E-state index in [4.69, 9.17) is 38.5 Å². The van der Waals surface area contributed by atoms with E-state index in [2.05, 4.69) is 0 Å². The molecule has 0 saturated carbocycles. The van der Waals surface area contributed by atoms with Gasteiger partial charge in [-0.15, -0.1) is 0 Å². The van der Waals surface area contributed by atoms with Gasteiger partial charge in [0.1, 0.15) is 0 Å². The zero-order valence-corrected chi connectivity index (χ0v) is 12.1. The molecular formula is LaLuO8P2. The first kappa shape index (κ1) is 24.1. The van der Waals surface area contributed by atoms with Gasteiger partial charge in [0.25, 0.3) is 0 Å². The second kappa shape index (κ2) is 10.2. The molecule has 0 atom stereocenters. The molecule has 8 nitrogen and oxygen atoms in total. The zero-order chi connectivity index (χ0) is 9.00. The standard InChI is InChI=1S/La.Lu.2H3O4P/c;;2*1-5(2,3)4/h;;2*(H3,1,2,3,4)/q2*+3;;/p-6. The first-order valence-corrected chi connectivity index (χ1v) is 4.38. The molecule has 0 aliphatic rings. The summed E-state index contributed by atoms with van der Waals surface area (Å²) in [5.74, 6) is 0. The van der Waals surface area contributed by atoms with Crippen molar-refractivity contribution in [1.29, 1.82) is 0 Å². The maximum atomic E-state index is 8.55. The second-order valence-electron chi connectivity index (χ2n) is 0.894. The van der Waals surface area contributed by atoms with Crippen molar-refractivity contribution in [3.05, 3.63) is 0 Å². The van der Waals surface area contributed by atoms with Crippen LogP contribution in [0.2, 0.25) is 0 Å². The minimum atomic E-state index is -5.39. The molecule has 0 aliphatic heterocycles. The Morgan fingerprint density at radius 2 is 0.667 bits per heavy atom. The van der Waals surface area contributed by atoms with Crippen LogP contribution in [-0.4, -0.2) is 0 Å². The third-order valence-corrected chi connectivity index (χ3v) is 0. The van der Waals surface area contributed by atoms with Crippen molar-refractivity contribution < 1.29 is 111 Å². The van der Waals surface area contributed by atoms with Gasteiger partial charge in [-0.3, -0.25) is 0 Å². The Bertz CT molecular complexity index is 129. The molecule has 76 valence electrons. The van der Waals surface area contributed by atoms with Crippen LogP contribution in [-0.2, 0) is 9.13 Å². The number of phosphoric acid groups is 2. The maximum Gasteiger partial charge on any atom is 3.00 e. The van der Waals surface area contributed by atoms with E-state index in [1.54, 1.807) is 0 Å². The van der Waals surface area contributed by atoms with Crippen LogP contribution >= 0.6 is 15.6 Å². The Morgan fingerprint density at radius 3 is 0.667 bits per heavy atom. The van der Waals surface area contributed by atoms with Crippen molar-refractivity contribution in [3.63, 3.8) is 0 Å². The molecule has 0 radical (unpaired) electrons. The Hall–Kier alpha value is 2.65. The molecule has 0 aromatic carbocycles. The summed E-state index contributed by atoms with van der Waals surface area (Å²) in [6.45, 7) is 0. The summed E-state index contributed by atoms with van der Waals surface area (Å²) >= 11 is 0. The van der Waals surface area contributed by atoms with Gasteiger partial charge >= 0.3 is 72.5 Å². The van der Waals surface area contributed by atoms with Gasteiger partial charge < -0.3 is 38.5 Å². The van der Waals surface area contributed by atoms with E-state index in [1.807, 2.05) is 0 Å². The average molecular weight is 504 g/mol. The Balaban J connectivity index is -0.0000000457. The van der Waals surface area contributed by atoms with Crippen LogP contribution in [0.1, 0.15) is 0 Å². The smallest absolute Gasteiger partial charge is 0.822 e. The normalized spacial score (nSPS) is 9.83. The predicted octanol–water partition coefficient (Wildman–Crippen LogP) is -5.65. The van der Waals surface area contributed by atoms with Crippen LogP contribution in [0, 0.1) is 72.5 Å². The summed E-state index contributed by atoms with van der Waals surface area (Å²) in [6, 6.07) is 0. The minimum Gasteiger partial charge on any atom is -0.822 e. The maximum absolute atomic E-state index is 8.55. The molecule has 0 aromatic heterocycles. The topological polar surface area (TPSA) is 172 Å². The summed E-state index contributed by atoms with van der Waals surface area (Å²) in [5.41, 5.74) is 0. The summed E-state index contributed by atoms with van der Waals surface area (Å²) in [7, 11) is -10.8. The van der Waals surface area contributed by atoms with Gasteiger partial charge in [-0.1, -0.05) is 0 Å². The fourth-order valence-corrected chi connectivity index (χ4v) is 0. The molecule has 12 heteroatoms. The molecule has 0 fully saturated rings. The molecule has 0 N–H and O–H groups in total. The van der Waals surface area contributed by atoms with E-state index in [0.717, 1.165) is 0 Å². The molecular weight excluding hydrogens is 504 g/mol. The van der Waals surface area contributed by atoms with Crippen LogP contribution in [0.5, 0.6) is 0 Å². The minimum absolute atomic E-state index is 0. The van der Waals surface area contributed by atoms with Crippen molar-refractivity contribution in [2.75, 3.05) is 0 Å². The summed E-state index contributed by atoms with van der Waals surface area (Å²) in [6.07, 6.45) is 0. The van der Waals surface area contributed by atoms with Crippen molar-refractivity contribution in [2.45, 2.75) is 0 Å². The monoisotopic (exact) mass is 504 g/mol. The van der Waals surface area contributed by atoms with Gasteiger partial charge in [0, 0.05) is 0 Å². The Labute approximate surface area is 125 Å². The zero-order valence-electron chi connectivity index (χ0n) is 5.00. The third kappa shape index (κ3) is 245. The van der Waals surface area contributed by atoms with Crippen molar-refractivity contribution >= 4 is 15.6 Å². The van der Waals surface area contributed by atoms with E-state index >= 15 is 0 Å². The van der Waals surface area contributed by atoms with Crippen LogP contribution in [0.25, 0.3) is 0 Å². The molecule has 0 aromatic rings. The van der Waals surface area contributed by atoms with Gasteiger partial charge in [-0.25, -0.2) is 0 Å². The first-order chi connectivity index (χ1) is 4.00. The molecule has 12 heavy (non-hydrogen) atoms. The summed E-state index contributed by atoms with van der Waals surface area (Å²) in [5, 5.41) is 0. The molecule has 0 amide bonds. The molecule has 0 saturated heterocycles. The fourth-order valence-electron chi connectivity index (χ4n) is 0. The van der Waals surface area contributed by atoms with E-state index in [0.29, 0.717) is 0 Å². The Morgan fingerprint density at radius 1 is 0.667 bits per heavy atom. The van der Waals surface area contributed by atoms with E-state index in [9.17, 15) is 0 Å². The molecule has 0 heterocycles. The fraction of sp³-hybridized carbons (Fsp3) is 0. The van der Waals surface area contributed by atoms with Gasteiger partial charge in [0.05, 0.1) is 0 Å². The summed E-state index contributed by atoms with van der Waals surface area (Å²) in [4.78, 5) is 51.3. The Kier molecular flexibility index (Phi) is 20.4. The average Bonchev–Trinajstić information content (AvgIpc) is 1.12. The van der Waals surface area contributed by atoms with E-state index in [1.165, 1.54) is 0 Å². The quantitative estimate of drug-likeness (QED) is 0.294. The first-order valence-electron chi connectivity index (χ1n) is 1.46. The van der Waals surface area contributed by atoms with Crippen molar-refractivity contribution in [3.8, 4) is 0 Å². The van der Waals surface area contributed by atoms with Gasteiger partial charge in [0.15, 0.2) is 0 Å². The summed E-state index contributed by atoms with van der Waals surface area (Å²) < 4.78 is 17.1. The molecule has 0 unspecified atom stereocenters. The molecule has 0 aliphatic carbocycles. The van der Waals surface area contributed by atoms with Gasteiger partial charge in [-0.05, 0) is 0 Å². The molecule has 0 bridgehead atoms. The van der Waals surface area contributed by atoms with Crippen LogP contribution in [0.4, 0.5) is 0 Å². The molecule has 0 rings (SSSR count). The second-order valence-corrected chi connectivity index (χ2v) is 2.68. The predicted molar refractivity (Wildman–Crippen MR) is 15.2 cm³/mol. The van der Waals surface area contributed by atoms with Crippen LogP contribution in [0.3, 0.4) is 0 Å². The van der Waals surface area contributed by atoms with Crippen molar-refractivity contribution in [2.24, 2.45) is 0 Å². The van der Waals surface area contributed by atoms with E-state index in [-0.39, 0.29) is 72.5 Å². The van der Waals surface area contributed by atoms with Crippen molar-refractivity contribution in [1.82, 2.24) is 0 Å². The number of rotatable bonds is 0. The largest absolute Gasteiger partial charge is 3.00 e. The van der Waals surface area contributed by atoms with Gasteiger partial charge in [-0.2, -0.15) is 15.6 Å². The third-order valence-electron chi connectivity index (χ3n) is 0. The van der Waals surface area contributed by atoms with Gasteiger partial charge in [0.2, 0.25) is 0 Å². The number of hydrogen-bond donors (Lipinski definition) is 0. The number of hydrogen-bond acceptors (Lipinski definition) is 8.